The van der Waals surface area contributed by atoms with E-state index < -0.39 is 15.8 Å². The van der Waals surface area contributed by atoms with Crippen molar-refractivity contribution in [3.8, 4) is 0 Å². The molecule has 80 valence electrons. The molecule has 1 aromatic rings. The van der Waals surface area contributed by atoms with Crippen molar-refractivity contribution < 1.29 is 12.8 Å². The molecule has 7 heteroatoms. The Balaban J connectivity index is 2.84. The van der Waals surface area contributed by atoms with Gasteiger partial charge in [0.15, 0.2) is 0 Å². The molecule has 0 aromatic heterocycles. The second-order valence-corrected chi connectivity index (χ2v) is 5.22. The summed E-state index contributed by atoms with van der Waals surface area (Å²) >= 11 is 5.58. The number of benzene rings is 1. The second-order valence-electron chi connectivity index (χ2n) is 2.94. The summed E-state index contributed by atoms with van der Waals surface area (Å²) in [4.78, 5) is 3.50. The number of rotatable bonds is 0. The van der Waals surface area contributed by atoms with Gasteiger partial charge in [-0.3, -0.25) is 0 Å². The molecule has 0 aliphatic carbocycles. The van der Waals surface area contributed by atoms with Gasteiger partial charge in [-0.25, -0.2) is 22.1 Å². The quantitative estimate of drug-likeness (QED) is 0.656. The Hall–Kier alpha value is -1.14. The van der Waals surface area contributed by atoms with Crippen LogP contribution in [0.5, 0.6) is 0 Å². The first-order valence-electron chi connectivity index (χ1n) is 3.96. The minimum Gasteiger partial charge on any atom is -0.243 e. The maximum absolute atomic E-state index is 13.3. The molecule has 0 spiro atoms. The molecule has 1 aliphatic rings. The number of para-hydroxylation sites is 1. The SMILES string of the molecule is CN1C(Cl)=Nc2c(F)cccc2S1(=O)=O. The van der Waals surface area contributed by atoms with E-state index in [0.717, 1.165) is 10.4 Å². The van der Waals surface area contributed by atoms with E-state index in [4.69, 9.17) is 11.6 Å². The number of fused-ring (bicyclic) bond motifs is 1. The smallest absolute Gasteiger partial charge is 0.243 e. The minimum atomic E-state index is -3.76. The zero-order chi connectivity index (χ0) is 11.2. The zero-order valence-corrected chi connectivity index (χ0v) is 9.18. The van der Waals surface area contributed by atoms with E-state index >= 15 is 0 Å². The maximum atomic E-state index is 13.3. The third kappa shape index (κ3) is 1.40. The van der Waals surface area contributed by atoms with Gasteiger partial charge in [0, 0.05) is 7.05 Å². The molecule has 0 unspecified atom stereocenters. The average Bonchev–Trinajstić information content (AvgIpc) is 2.17. The topological polar surface area (TPSA) is 49.7 Å². The van der Waals surface area contributed by atoms with Crippen LogP contribution in [0.3, 0.4) is 0 Å². The van der Waals surface area contributed by atoms with Crippen molar-refractivity contribution in [3.63, 3.8) is 0 Å². The molecule has 0 amide bonds. The predicted octanol–water partition coefficient (Wildman–Crippen LogP) is 1.69. The molecule has 0 saturated heterocycles. The molecule has 1 aliphatic heterocycles. The van der Waals surface area contributed by atoms with E-state index in [1.807, 2.05) is 0 Å². The van der Waals surface area contributed by atoms with Crippen LogP contribution in [-0.2, 0) is 10.0 Å². The van der Waals surface area contributed by atoms with E-state index in [1.54, 1.807) is 0 Å². The Morgan fingerprint density at radius 3 is 2.80 bits per heavy atom. The zero-order valence-electron chi connectivity index (χ0n) is 7.61. The standard InChI is InChI=1S/C8H6ClFN2O2S/c1-12-8(9)11-7-5(10)3-2-4-6(7)15(12,13)14/h2-4H,1H3. The van der Waals surface area contributed by atoms with E-state index in [9.17, 15) is 12.8 Å². The molecule has 0 fully saturated rings. The van der Waals surface area contributed by atoms with Gasteiger partial charge < -0.3 is 0 Å². The van der Waals surface area contributed by atoms with Gasteiger partial charge in [0.05, 0.1) is 0 Å². The lowest BCUT2D eigenvalue weighted by Crippen LogP contribution is -2.32. The van der Waals surface area contributed by atoms with Crippen molar-refractivity contribution in [3.05, 3.63) is 24.0 Å². The van der Waals surface area contributed by atoms with Crippen molar-refractivity contribution >= 4 is 32.6 Å². The van der Waals surface area contributed by atoms with Crippen LogP contribution < -0.4 is 0 Å². The average molecular weight is 249 g/mol. The molecule has 0 bridgehead atoms. The Kier molecular flexibility index (Phi) is 2.20. The van der Waals surface area contributed by atoms with Gasteiger partial charge in [-0.1, -0.05) is 6.07 Å². The summed E-state index contributed by atoms with van der Waals surface area (Å²) in [6.45, 7) is 0. The van der Waals surface area contributed by atoms with Gasteiger partial charge in [-0.15, -0.1) is 0 Å². The van der Waals surface area contributed by atoms with Crippen molar-refractivity contribution in [2.45, 2.75) is 4.90 Å². The van der Waals surface area contributed by atoms with Crippen LogP contribution in [0.2, 0.25) is 0 Å². The first-order chi connectivity index (χ1) is 6.94. The van der Waals surface area contributed by atoms with Gasteiger partial charge in [-0.05, 0) is 23.7 Å². The summed E-state index contributed by atoms with van der Waals surface area (Å²) in [6.07, 6.45) is 0. The lowest BCUT2D eigenvalue weighted by molar-refractivity contribution is 0.548. The van der Waals surface area contributed by atoms with Crippen LogP contribution in [0.25, 0.3) is 0 Å². The normalized spacial score (nSPS) is 18.3. The molecule has 4 nitrogen and oxygen atoms in total. The predicted molar refractivity (Wildman–Crippen MR) is 54.3 cm³/mol. The molecule has 0 N–H and O–H groups in total. The fourth-order valence-corrected chi connectivity index (χ4v) is 2.75. The van der Waals surface area contributed by atoms with Gasteiger partial charge >= 0.3 is 0 Å². The lowest BCUT2D eigenvalue weighted by atomic mass is 10.3. The number of hydrogen-bond acceptors (Lipinski definition) is 3. The number of aliphatic imine (C=N–C) groups is 1. The number of hydrogen-bond donors (Lipinski definition) is 0. The van der Waals surface area contributed by atoms with Gasteiger partial charge in [0.2, 0.25) is 5.29 Å². The van der Waals surface area contributed by atoms with Gasteiger partial charge in [-0.2, -0.15) is 0 Å². The molecule has 0 radical (unpaired) electrons. The molecule has 1 heterocycles. The summed E-state index contributed by atoms with van der Waals surface area (Å²) in [5.74, 6) is -0.706. The fraction of sp³-hybridized carbons (Fsp3) is 0.125. The number of amidine groups is 1. The Bertz CT molecular complexity index is 556. The summed E-state index contributed by atoms with van der Waals surface area (Å²) in [5, 5.41) is -0.271. The summed E-state index contributed by atoms with van der Waals surface area (Å²) in [7, 11) is -2.50. The van der Waals surface area contributed by atoms with Crippen molar-refractivity contribution in [2.24, 2.45) is 4.99 Å². The van der Waals surface area contributed by atoms with Crippen molar-refractivity contribution in [2.75, 3.05) is 7.05 Å². The fourth-order valence-electron chi connectivity index (χ4n) is 1.22. The van der Waals surface area contributed by atoms with Gasteiger partial charge in [0.25, 0.3) is 10.0 Å². The van der Waals surface area contributed by atoms with Gasteiger partial charge in [0.1, 0.15) is 16.4 Å². The maximum Gasteiger partial charge on any atom is 0.268 e. The van der Waals surface area contributed by atoms with Crippen LogP contribution >= 0.6 is 11.6 Å². The van der Waals surface area contributed by atoms with Crippen LogP contribution in [0.4, 0.5) is 10.1 Å². The molecule has 15 heavy (non-hydrogen) atoms. The van der Waals surface area contributed by atoms with Crippen LogP contribution in [0.15, 0.2) is 28.1 Å². The molecule has 0 atom stereocenters. The Morgan fingerprint density at radius 2 is 2.13 bits per heavy atom. The summed E-state index contributed by atoms with van der Waals surface area (Å²) in [6, 6.07) is 3.73. The van der Waals surface area contributed by atoms with Crippen molar-refractivity contribution in [1.82, 2.24) is 4.31 Å². The molecule has 1 aromatic carbocycles. The van der Waals surface area contributed by atoms with Crippen LogP contribution in [-0.4, -0.2) is 25.1 Å². The third-order valence-electron chi connectivity index (χ3n) is 2.05. The highest BCUT2D eigenvalue weighted by Crippen LogP contribution is 2.34. The monoisotopic (exact) mass is 248 g/mol. The Morgan fingerprint density at radius 1 is 1.47 bits per heavy atom. The number of sulfonamides is 1. The molecule has 2 rings (SSSR count). The highest BCUT2D eigenvalue weighted by molar-refractivity contribution is 7.90. The second kappa shape index (κ2) is 3.18. The highest BCUT2D eigenvalue weighted by atomic mass is 35.5. The first-order valence-corrected chi connectivity index (χ1v) is 5.78. The first kappa shape index (κ1) is 10.4. The summed E-state index contributed by atoms with van der Waals surface area (Å²) < 4.78 is 37.6. The molecular formula is C8H6ClFN2O2S. The molecule has 0 saturated carbocycles. The van der Waals surface area contributed by atoms with E-state index in [-0.39, 0.29) is 15.9 Å². The Labute approximate surface area is 91.0 Å². The highest BCUT2D eigenvalue weighted by Gasteiger charge is 2.31. The summed E-state index contributed by atoms with van der Waals surface area (Å²) in [5.41, 5.74) is -0.236. The van der Waals surface area contributed by atoms with E-state index in [0.29, 0.717) is 0 Å². The number of nitrogens with zero attached hydrogens (tertiary/aromatic N) is 2. The van der Waals surface area contributed by atoms with Crippen LogP contribution in [0, 0.1) is 5.82 Å². The van der Waals surface area contributed by atoms with Crippen LogP contribution in [0.1, 0.15) is 0 Å². The lowest BCUT2D eigenvalue weighted by Gasteiger charge is -2.22. The molecular weight excluding hydrogens is 243 g/mol. The number of halogens is 2. The van der Waals surface area contributed by atoms with Crippen molar-refractivity contribution in [1.29, 1.82) is 0 Å². The van der Waals surface area contributed by atoms with E-state index in [1.165, 1.54) is 19.2 Å². The third-order valence-corrected chi connectivity index (χ3v) is 4.27. The minimum absolute atomic E-state index is 0.172. The largest absolute Gasteiger partial charge is 0.268 e. The van der Waals surface area contributed by atoms with E-state index in [2.05, 4.69) is 4.99 Å².